The van der Waals surface area contributed by atoms with Crippen LogP contribution in [0.25, 0.3) is 0 Å². The third-order valence-corrected chi connectivity index (χ3v) is 9.82. The van der Waals surface area contributed by atoms with Gasteiger partial charge in [0.05, 0.1) is 10.6 Å². The first-order valence-electron chi connectivity index (χ1n) is 14.4. The maximum absolute atomic E-state index is 14.1. The average Bonchev–Trinajstić information content (AvgIpc) is 2.97. The van der Waals surface area contributed by atoms with Gasteiger partial charge in [-0.25, -0.2) is 8.42 Å². The molecule has 1 aliphatic rings. The monoisotopic (exact) mass is 575 g/mol. The summed E-state index contributed by atoms with van der Waals surface area (Å²) in [6.45, 7) is 7.13. The summed E-state index contributed by atoms with van der Waals surface area (Å²) >= 11 is 0. The SMILES string of the molecule is Cc1ccc(S(=O)(=O)N(CC(=O)N(Cc2ccccc2)[C@H](C)C(=O)NC2CCCCC2)c2cccc(C)c2C)cc1. The molecule has 3 aromatic rings. The van der Waals surface area contributed by atoms with Crippen LogP contribution in [-0.4, -0.2) is 43.8 Å². The average molecular weight is 576 g/mol. The van der Waals surface area contributed by atoms with Gasteiger partial charge in [0.15, 0.2) is 0 Å². The number of benzene rings is 3. The summed E-state index contributed by atoms with van der Waals surface area (Å²) < 4.78 is 29.3. The number of nitrogens with zero attached hydrogens (tertiary/aromatic N) is 2. The van der Waals surface area contributed by atoms with Crippen molar-refractivity contribution in [3.63, 3.8) is 0 Å². The molecule has 2 amide bonds. The maximum atomic E-state index is 14.1. The first kappa shape index (κ1) is 30.3. The molecular formula is C33H41N3O4S. The summed E-state index contributed by atoms with van der Waals surface area (Å²) in [6, 6.07) is 20.8. The molecule has 0 aliphatic heterocycles. The Labute approximate surface area is 244 Å². The Bertz CT molecular complexity index is 1450. The van der Waals surface area contributed by atoms with Crippen LogP contribution in [0.1, 0.15) is 61.3 Å². The minimum atomic E-state index is -4.09. The number of anilines is 1. The van der Waals surface area contributed by atoms with Crippen molar-refractivity contribution in [3.05, 3.63) is 95.1 Å². The van der Waals surface area contributed by atoms with Crippen molar-refractivity contribution >= 4 is 27.5 Å². The molecule has 8 heteroatoms. The van der Waals surface area contributed by atoms with E-state index in [0.29, 0.717) is 5.69 Å². The fraction of sp³-hybridized carbons (Fsp3) is 0.394. The molecule has 4 rings (SSSR count). The van der Waals surface area contributed by atoms with Crippen LogP contribution < -0.4 is 9.62 Å². The number of aryl methyl sites for hydroxylation is 2. The highest BCUT2D eigenvalue weighted by Gasteiger charge is 2.33. The molecule has 1 N–H and O–H groups in total. The van der Waals surface area contributed by atoms with Crippen LogP contribution >= 0.6 is 0 Å². The van der Waals surface area contributed by atoms with E-state index < -0.39 is 28.5 Å². The quantitative estimate of drug-likeness (QED) is 0.337. The molecule has 218 valence electrons. The second-order valence-electron chi connectivity index (χ2n) is 11.1. The molecule has 1 fully saturated rings. The molecule has 1 atom stereocenters. The van der Waals surface area contributed by atoms with E-state index in [0.717, 1.165) is 47.9 Å². The van der Waals surface area contributed by atoms with Gasteiger partial charge < -0.3 is 10.2 Å². The van der Waals surface area contributed by atoms with Crippen LogP contribution in [0.5, 0.6) is 0 Å². The number of rotatable bonds is 10. The molecule has 1 aliphatic carbocycles. The molecule has 1 saturated carbocycles. The van der Waals surface area contributed by atoms with Gasteiger partial charge >= 0.3 is 0 Å². The standard InChI is InChI=1S/C33H41N3O4S/c1-24-18-20-30(21-19-24)41(39,40)36(31-17-11-12-25(2)26(31)3)23-32(37)35(22-28-13-7-5-8-14-28)27(4)33(38)34-29-15-9-6-10-16-29/h5,7-8,11-14,17-21,27,29H,6,9-10,15-16,22-23H2,1-4H3,(H,34,38)/t27-/m1/s1. The smallest absolute Gasteiger partial charge is 0.264 e. The molecule has 0 radical (unpaired) electrons. The van der Waals surface area contributed by atoms with Crippen molar-refractivity contribution in [1.29, 1.82) is 0 Å². The zero-order valence-electron chi connectivity index (χ0n) is 24.5. The number of hydrogen-bond acceptors (Lipinski definition) is 4. The van der Waals surface area contributed by atoms with Gasteiger partial charge in [-0.15, -0.1) is 0 Å². The largest absolute Gasteiger partial charge is 0.352 e. The van der Waals surface area contributed by atoms with Crippen molar-refractivity contribution < 1.29 is 18.0 Å². The minimum Gasteiger partial charge on any atom is -0.352 e. The van der Waals surface area contributed by atoms with E-state index >= 15 is 0 Å². The van der Waals surface area contributed by atoms with E-state index in [4.69, 9.17) is 0 Å². The fourth-order valence-corrected chi connectivity index (χ4v) is 6.76. The van der Waals surface area contributed by atoms with Crippen LogP contribution in [-0.2, 0) is 26.2 Å². The maximum Gasteiger partial charge on any atom is 0.264 e. The van der Waals surface area contributed by atoms with Gasteiger partial charge in [0, 0.05) is 12.6 Å². The Morgan fingerprint density at radius 1 is 0.878 bits per heavy atom. The van der Waals surface area contributed by atoms with Crippen LogP contribution in [0.15, 0.2) is 77.7 Å². The molecular weight excluding hydrogens is 534 g/mol. The van der Waals surface area contributed by atoms with Crippen molar-refractivity contribution in [2.24, 2.45) is 0 Å². The molecule has 3 aromatic carbocycles. The Morgan fingerprint density at radius 3 is 2.20 bits per heavy atom. The number of nitrogens with one attached hydrogen (secondary N) is 1. The fourth-order valence-electron chi connectivity index (χ4n) is 5.29. The molecule has 0 unspecified atom stereocenters. The summed E-state index contributed by atoms with van der Waals surface area (Å²) in [5, 5.41) is 3.14. The molecule has 0 heterocycles. The lowest BCUT2D eigenvalue weighted by Gasteiger charge is -2.33. The van der Waals surface area contributed by atoms with E-state index in [1.54, 1.807) is 43.3 Å². The highest BCUT2D eigenvalue weighted by molar-refractivity contribution is 7.92. The summed E-state index contributed by atoms with van der Waals surface area (Å²) in [5.74, 6) is -0.669. The summed E-state index contributed by atoms with van der Waals surface area (Å²) in [7, 11) is -4.09. The van der Waals surface area contributed by atoms with Gasteiger partial charge in [-0.2, -0.15) is 0 Å². The van der Waals surface area contributed by atoms with E-state index in [1.807, 2.05) is 57.2 Å². The van der Waals surface area contributed by atoms with Gasteiger partial charge in [0.2, 0.25) is 11.8 Å². The first-order valence-corrected chi connectivity index (χ1v) is 15.8. The Morgan fingerprint density at radius 2 is 1.54 bits per heavy atom. The highest BCUT2D eigenvalue weighted by Crippen LogP contribution is 2.29. The van der Waals surface area contributed by atoms with E-state index in [-0.39, 0.29) is 23.4 Å². The lowest BCUT2D eigenvalue weighted by Crippen LogP contribution is -2.53. The Kier molecular flexibility index (Phi) is 9.86. The third-order valence-electron chi connectivity index (χ3n) is 8.05. The van der Waals surface area contributed by atoms with Gasteiger partial charge in [-0.3, -0.25) is 13.9 Å². The zero-order chi connectivity index (χ0) is 29.6. The summed E-state index contributed by atoms with van der Waals surface area (Å²) in [4.78, 5) is 29.2. The topological polar surface area (TPSA) is 86.8 Å². The molecule has 41 heavy (non-hydrogen) atoms. The molecule has 0 bridgehead atoms. The van der Waals surface area contributed by atoms with Gasteiger partial charge in [-0.1, -0.05) is 79.4 Å². The van der Waals surface area contributed by atoms with Crippen molar-refractivity contribution in [2.45, 2.75) is 83.3 Å². The predicted octanol–water partition coefficient (Wildman–Crippen LogP) is 5.67. The normalized spacial score (nSPS) is 14.7. The minimum absolute atomic E-state index is 0.0979. The highest BCUT2D eigenvalue weighted by atomic mass is 32.2. The van der Waals surface area contributed by atoms with E-state index in [2.05, 4.69) is 5.32 Å². The van der Waals surface area contributed by atoms with Crippen molar-refractivity contribution in [3.8, 4) is 0 Å². The van der Waals surface area contributed by atoms with Crippen LogP contribution in [0, 0.1) is 20.8 Å². The zero-order valence-corrected chi connectivity index (χ0v) is 25.3. The molecule has 0 aromatic heterocycles. The molecule has 0 saturated heterocycles. The van der Waals surface area contributed by atoms with E-state index in [9.17, 15) is 18.0 Å². The van der Waals surface area contributed by atoms with E-state index in [1.165, 1.54) is 15.6 Å². The second kappa shape index (κ2) is 13.3. The Balaban J connectivity index is 1.69. The van der Waals surface area contributed by atoms with Crippen LogP contribution in [0.3, 0.4) is 0 Å². The summed E-state index contributed by atoms with van der Waals surface area (Å²) in [5.41, 5.74) is 3.93. The third kappa shape index (κ3) is 7.36. The molecule has 0 spiro atoms. The van der Waals surface area contributed by atoms with Gasteiger partial charge in [0.1, 0.15) is 12.6 Å². The second-order valence-corrected chi connectivity index (χ2v) is 12.9. The van der Waals surface area contributed by atoms with Gasteiger partial charge in [0.25, 0.3) is 10.0 Å². The number of amides is 2. The number of carbonyl (C=O) groups excluding carboxylic acids is 2. The van der Waals surface area contributed by atoms with Crippen LogP contribution in [0.4, 0.5) is 5.69 Å². The molecule has 7 nitrogen and oxygen atoms in total. The number of sulfonamides is 1. The number of hydrogen-bond donors (Lipinski definition) is 1. The predicted molar refractivity (Wildman–Crippen MR) is 163 cm³/mol. The Hall–Kier alpha value is -3.65. The van der Waals surface area contributed by atoms with Crippen molar-refractivity contribution in [1.82, 2.24) is 10.2 Å². The lowest BCUT2D eigenvalue weighted by atomic mass is 9.95. The summed E-state index contributed by atoms with van der Waals surface area (Å²) in [6.07, 6.45) is 5.19. The van der Waals surface area contributed by atoms with Gasteiger partial charge in [-0.05, 0) is 75.4 Å². The lowest BCUT2D eigenvalue weighted by molar-refractivity contribution is -0.139. The van der Waals surface area contributed by atoms with Crippen molar-refractivity contribution in [2.75, 3.05) is 10.8 Å². The van der Waals surface area contributed by atoms with Crippen LogP contribution in [0.2, 0.25) is 0 Å². The first-order chi connectivity index (χ1) is 19.6. The number of carbonyl (C=O) groups is 2.